The molecule has 4 aliphatic carbocycles. The minimum absolute atomic E-state index is 0.101. The highest BCUT2D eigenvalue weighted by Crippen LogP contribution is 2.79. The molecule has 0 radical (unpaired) electrons. The average molecular weight is 391 g/mol. The van der Waals surface area contributed by atoms with Crippen LogP contribution < -0.4 is 4.74 Å². The van der Waals surface area contributed by atoms with Gasteiger partial charge in [-0.15, -0.1) is 6.58 Å². The molecule has 0 aliphatic heterocycles. The molecule has 1 aromatic carbocycles. The van der Waals surface area contributed by atoms with Crippen molar-refractivity contribution in [1.29, 1.82) is 0 Å². The van der Waals surface area contributed by atoms with E-state index in [1.807, 2.05) is 12.1 Å². The molecule has 29 heavy (non-hydrogen) atoms. The number of hydrogen-bond donors (Lipinski definition) is 0. The predicted molar refractivity (Wildman–Crippen MR) is 113 cm³/mol. The number of ketones is 2. The number of allylic oxidation sites excluding steroid dienone is 3. The van der Waals surface area contributed by atoms with E-state index in [0.29, 0.717) is 18.6 Å². The Kier molecular flexibility index (Phi) is 4.01. The third kappa shape index (κ3) is 2.04. The fourth-order valence-electron chi connectivity index (χ4n) is 7.78. The van der Waals surface area contributed by atoms with Crippen LogP contribution in [0.3, 0.4) is 0 Å². The molecular weight excluding hydrogens is 360 g/mol. The van der Waals surface area contributed by atoms with Crippen molar-refractivity contribution in [2.75, 3.05) is 7.11 Å². The van der Waals surface area contributed by atoms with Gasteiger partial charge in [-0.25, -0.2) is 0 Å². The van der Waals surface area contributed by atoms with Gasteiger partial charge in [-0.1, -0.05) is 50.1 Å². The zero-order valence-corrected chi connectivity index (χ0v) is 17.4. The molecule has 5 rings (SSSR count). The second-order valence-corrected chi connectivity index (χ2v) is 9.76. The number of methoxy groups -OCH3 is 1. The first-order valence-corrected chi connectivity index (χ1v) is 11.0. The van der Waals surface area contributed by atoms with Crippen LogP contribution in [-0.2, 0) is 15.0 Å². The van der Waals surface area contributed by atoms with Gasteiger partial charge < -0.3 is 4.74 Å². The summed E-state index contributed by atoms with van der Waals surface area (Å²) in [6, 6.07) is 8.23. The Morgan fingerprint density at radius 3 is 2.52 bits per heavy atom. The third-order valence-electron chi connectivity index (χ3n) is 9.00. The number of carbonyl (C=O) groups is 2. The lowest BCUT2D eigenvalue weighted by Gasteiger charge is -2.50. The molecule has 0 heterocycles. The number of rotatable bonds is 4. The zero-order chi connectivity index (χ0) is 20.4. The first kappa shape index (κ1) is 18.8. The van der Waals surface area contributed by atoms with Crippen molar-refractivity contribution in [3.8, 4) is 5.75 Å². The van der Waals surface area contributed by atoms with Crippen LogP contribution in [0.5, 0.6) is 5.75 Å². The quantitative estimate of drug-likeness (QED) is 0.676. The fraction of sp³-hybridized carbons (Fsp3) is 0.538. The van der Waals surface area contributed by atoms with Crippen molar-refractivity contribution in [3.63, 3.8) is 0 Å². The van der Waals surface area contributed by atoms with Crippen LogP contribution in [0.15, 0.2) is 49.1 Å². The molecule has 3 nitrogen and oxygen atoms in total. The lowest BCUT2D eigenvalue weighted by molar-refractivity contribution is -0.145. The molecule has 0 N–H and O–H groups in total. The van der Waals surface area contributed by atoms with Gasteiger partial charge in [0.15, 0.2) is 0 Å². The van der Waals surface area contributed by atoms with Crippen LogP contribution in [-0.4, -0.2) is 18.7 Å². The molecule has 3 saturated carbocycles. The Morgan fingerprint density at radius 1 is 1.10 bits per heavy atom. The van der Waals surface area contributed by atoms with Crippen LogP contribution in [0.25, 0.3) is 0 Å². The smallest absolute Gasteiger partial charge is 0.141 e. The normalized spacial score (nSPS) is 42.5. The molecule has 0 spiro atoms. The van der Waals surface area contributed by atoms with Crippen LogP contribution in [0.2, 0.25) is 0 Å². The summed E-state index contributed by atoms with van der Waals surface area (Å²) < 4.78 is 5.38. The summed E-state index contributed by atoms with van der Waals surface area (Å²) in [6.07, 6.45) is 11.8. The summed E-state index contributed by atoms with van der Waals surface area (Å²) in [7, 11) is 1.67. The number of fused-ring (bicyclic) bond motifs is 2. The maximum atomic E-state index is 13.7. The number of Topliss-reactive ketones (excluding diaryl/α,β-unsaturated/α-hetero) is 2. The molecule has 6 atom stereocenters. The van der Waals surface area contributed by atoms with Crippen molar-refractivity contribution in [3.05, 3.63) is 54.6 Å². The molecule has 2 bridgehead atoms. The second-order valence-electron chi connectivity index (χ2n) is 9.76. The van der Waals surface area contributed by atoms with Gasteiger partial charge in [0, 0.05) is 35.0 Å². The first-order valence-electron chi connectivity index (χ1n) is 11.0. The van der Waals surface area contributed by atoms with E-state index in [-0.39, 0.29) is 34.4 Å². The molecule has 0 unspecified atom stereocenters. The monoisotopic (exact) mass is 390 g/mol. The van der Waals surface area contributed by atoms with Gasteiger partial charge in [0.25, 0.3) is 0 Å². The summed E-state index contributed by atoms with van der Waals surface area (Å²) in [6.45, 7) is 6.19. The Balaban J connectivity index is 1.73. The van der Waals surface area contributed by atoms with Crippen molar-refractivity contribution in [2.24, 2.45) is 28.6 Å². The van der Waals surface area contributed by atoms with Gasteiger partial charge in [0.2, 0.25) is 0 Å². The summed E-state index contributed by atoms with van der Waals surface area (Å²) in [5, 5.41) is 0. The maximum absolute atomic E-state index is 13.7. The Hall–Kier alpha value is -2.16. The number of ether oxygens (including phenoxy) is 1. The molecule has 4 aliphatic rings. The van der Waals surface area contributed by atoms with E-state index >= 15 is 0 Å². The molecule has 1 aromatic rings. The Labute approximate surface area is 173 Å². The van der Waals surface area contributed by atoms with Crippen LogP contribution >= 0.6 is 0 Å². The molecule has 0 amide bonds. The minimum atomic E-state index is -0.393. The summed E-state index contributed by atoms with van der Waals surface area (Å²) in [4.78, 5) is 27.4. The third-order valence-corrected chi connectivity index (χ3v) is 9.00. The Bertz CT molecular complexity index is 912. The largest absolute Gasteiger partial charge is 0.497 e. The minimum Gasteiger partial charge on any atom is -0.497 e. The lowest BCUT2D eigenvalue weighted by Crippen LogP contribution is -2.49. The van der Waals surface area contributed by atoms with Crippen LogP contribution in [0, 0.1) is 28.6 Å². The lowest BCUT2D eigenvalue weighted by atomic mass is 9.52. The fourth-order valence-corrected chi connectivity index (χ4v) is 7.78. The van der Waals surface area contributed by atoms with Gasteiger partial charge in [-0.3, -0.25) is 9.59 Å². The van der Waals surface area contributed by atoms with E-state index in [1.165, 1.54) is 0 Å². The van der Waals surface area contributed by atoms with Crippen molar-refractivity contribution in [2.45, 2.75) is 50.9 Å². The zero-order valence-electron chi connectivity index (χ0n) is 17.4. The van der Waals surface area contributed by atoms with E-state index in [4.69, 9.17) is 4.74 Å². The number of hydrogen-bond acceptors (Lipinski definition) is 3. The second kappa shape index (κ2) is 6.17. The standard InChI is InChI=1S/C26H30O3/c1-4-7-17-16-20(27)21-22(23(17)28)25-13-6-5-12-24(25,2)26(21,15-14-25)18-8-10-19(29-3)11-9-18/h4,8-11,14-15,17,21-22H,1,5-7,12-13,16H2,2-3H3/t17-,21-,22-,24+,25+,26-/m1/s1. The van der Waals surface area contributed by atoms with Gasteiger partial charge >= 0.3 is 0 Å². The van der Waals surface area contributed by atoms with E-state index < -0.39 is 5.41 Å². The van der Waals surface area contributed by atoms with Crippen molar-refractivity contribution >= 4 is 11.6 Å². The van der Waals surface area contributed by atoms with E-state index in [0.717, 1.165) is 37.0 Å². The highest BCUT2D eigenvalue weighted by molar-refractivity contribution is 6.01. The van der Waals surface area contributed by atoms with Crippen molar-refractivity contribution < 1.29 is 14.3 Å². The molecular formula is C26H30O3. The number of carbonyl (C=O) groups excluding carboxylic acids is 2. The molecule has 0 saturated heterocycles. The van der Waals surface area contributed by atoms with E-state index in [9.17, 15) is 9.59 Å². The summed E-state index contributed by atoms with van der Waals surface area (Å²) in [5.74, 6) is 0.781. The van der Waals surface area contributed by atoms with Gasteiger partial charge in [0.1, 0.15) is 17.3 Å². The summed E-state index contributed by atoms with van der Waals surface area (Å²) in [5.41, 5.74) is 0.478. The number of benzene rings is 1. The van der Waals surface area contributed by atoms with E-state index in [2.05, 4.69) is 37.8 Å². The highest BCUT2D eigenvalue weighted by Gasteiger charge is 2.79. The van der Waals surface area contributed by atoms with Crippen LogP contribution in [0.1, 0.15) is 51.0 Å². The SMILES string of the molecule is C=CC[C@@H]1CC(=O)[C@@H]2[C@H](C1=O)[C@]13C=C[C@]2(c2ccc(OC)cc2)[C@@]1(C)CCCC3. The molecule has 3 fully saturated rings. The maximum Gasteiger partial charge on any atom is 0.141 e. The highest BCUT2D eigenvalue weighted by atomic mass is 16.5. The Morgan fingerprint density at radius 2 is 1.83 bits per heavy atom. The molecule has 0 aromatic heterocycles. The van der Waals surface area contributed by atoms with Gasteiger partial charge in [0.05, 0.1) is 7.11 Å². The molecule has 3 heteroatoms. The molecule has 152 valence electrons. The van der Waals surface area contributed by atoms with E-state index in [1.54, 1.807) is 13.2 Å². The average Bonchev–Trinajstić information content (AvgIpc) is 3.12. The van der Waals surface area contributed by atoms with Gasteiger partial charge in [-0.2, -0.15) is 0 Å². The summed E-state index contributed by atoms with van der Waals surface area (Å²) >= 11 is 0. The van der Waals surface area contributed by atoms with Crippen molar-refractivity contribution in [1.82, 2.24) is 0 Å². The van der Waals surface area contributed by atoms with Gasteiger partial charge in [-0.05, 0) is 42.4 Å². The topological polar surface area (TPSA) is 43.4 Å². The predicted octanol–water partition coefficient (Wildman–Crippen LogP) is 5.05. The first-order chi connectivity index (χ1) is 13.9. The van der Waals surface area contributed by atoms with Crippen LogP contribution in [0.4, 0.5) is 0 Å².